The fraction of sp³-hybridized carbons (Fsp3) is 0.556. The molecule has 4 nitrogen and oxygen atoms in total. The molecule has 0 amide bonds. The average Bonchev–Trinajstić information content (AvgIpc) is 2.20. The zero-order chi connectivity index (χ0) is 11.4. The van der Waals surface area contributed by atoms with Crippen molar-refractivity contribution in [1.82, 2.24) is 9.55 Å². The third-order valence-electron chi connectivity index (χ3n) is 2.09. The van der Waals surface area contributed by atoms with Gasteiger partial charge in [0.15, 0.2) is 4.60 Å². The minimum Gasteiger partial charge on any atom is -0.383 e. The minimum atomic E-state index is -0.137. The molecule has 1 atom stereocenters. The third kappa shape index (κ3) is 3.12. The predicted molar refractivity (Wildman–Crippen MR) is 65.1 cm³/mol. The number of rotatable bonds is 4. The number of hydrogen-bond acceptors (Lipinski definition) is 3. The SMILES string of the molecule is CC[C@H](COC)n1cc(Br)nc(Br)c1=O. The fourth-order valence-corrected chi connectivity index (χ4v) is 2.34. The summed E-state index contributed by atoms with van der Waals surface area (Å²) in [7, 11) is 1.62. The Labute approximate surface area is 105 Å². The van der Waals surface area contributed by atoms with Gasteiger partial charge in [-0.3, -0.25) is 4.79 Å². The van der Waals surface area contributed by atoms with Crippen molar-refractivity contribution in [3.05, 3.63) is 25.8 Å². The van der Waals surface area contributed by atoms with Crippen molar-refractivity contribution >= 4 is 31.9 Å². The van der Waals surface area contributed by atoms with E-state index in [9.17, 15) is 4.79 Å². The highest BCUT2D eigenvalue weighted by Gasteiger charge is 2.13. The van der Waals surface area contributed by atoms with Gasteiger partial charge in [0.25, 0.3) is 5.56 Å². The third-order valence-corrected chi connectivity index (χ3v) is 2.98. The summed E-state index contributed by atoms with van der Waals surface area (Å²) in [6.45, 7) is 2.53. The lowest BCUT2D eigenvalue weighted by Gasteiger charge is -2.17. The Morgan fingerprint density at radius 1 is 1.60 bits per heavy atom. The van der Waals surface area contributed by atoms with Gasteiger partial charge in [0.05, 0.1) is 12.6 Å². The van der Waals surface area contributed by atoms with E-state index < -0.39 is 0 Å². The molecule has 15 heavy (non-hydrogen) atoms. The van der Waals surface area contributed by atoms with Gasteiger partial charge >= 0.3 is 0 Å². The topological polar surface area (TPSA) is 44.1 Å². The molecule has 0 aliphatic rings. The maximum absolute atomic E-state index is 11.8. The smallest absolute Gasteiger partial charge is 0.284 e. The van der Waals surface area contributed by atoms with Crippen LogP contribution in [0.1, 0.15) is 19.4 Å². The second-order valence-electron chi connectivity index (χ2n) is 3.08. The van der Waals surface area contributed by atoms with Crippen LogP contribution in [-0.4, -0.2) is 23.3 Å². The molecule has 0 aliphatic heterocycles. The van der Waals surface area contributed by atoms with Crippen molar-refractivity contribution in [3.8, 4) is 0 Å². The van der Waals surface area contributed by atoms with Crippen LogP contribution in [-0.2, 0) is 4.74 Å². The van der Waals surface area contributed by atoms with E-state index in [-0.39, 0.29) is 11.6 Å². The quantitative estimate of drug-likeness (QED) is 0.845. The lowest BCUT2D eigenvalue weighted by molar-refractivity contribution is 0.151. The molecule has 84 valence electrons. The highest BCUT2D eigenvalue weighted by molar-refractivity contribution is 9.11. The normalized spacial score (nSPS) is 12.8. The van der Waals surface area contributed by atoms with E-state index in [2.05, 4.69) is 36.8 Å². The molecule has 0 bridgehead atoms. The van der Waals surface area contributed by atoms with Crippen LogP contribution in [0, 0.1) is 0 Å². The van der Waals surface area contributed by atoms with Crippen LogP contribution in [0.25, 0.3) is 0 Å². The van der Waals surface area contributed by atoms with Gasteiger partial charge in [-0.25, -0.2) is 4.98 Å². The minimum absolute atomic E-state index is 0.0399. The van der Waals surface area contributed by atoms with Gasteiger partial charge in [-0.15, -0.1) is 0 Å². The van der Waals surface area contributed by atoms with Crippen molar-refractivity contribution in [2.45, 2.75) is 19.4 Å². The predicted octanol–water partition coefficient (Wildman–Crippen LogP) is 2.37. The summed E-state index contributed by atoms with van der Waals surface area (Å²) in [5.41, 5.74) is -0.137. The standard InChI is InChI=1S/C9H12Br2N2O2/c1-3-6(5-15-2)13-4-7(10)12-8(11)9(13)14/h4,6H,3,5H2,1-2H3/t6-/m1/s1. The first-order chi connectivity index (χ1) is 7.10. The Kier molecular flexibility index (Phi) is 4.95. The lowest BCUT2D eigenvalue weighted by Crippen LogP contribution is -2.28. The maximum atomic E-state index is 11.8. The van der Waals surface area contributed by atoms with Crippen LogP contribution in [0.4, 0.5) is 0 Å². The van der Waals surface area contributed by atoms with Gasteiger partial charge < -0.3 is 9.30 Å². The second-order valence-corrected chi connectivity index (χ2v) is 4.65. The summed E-state index contributed by atoms with van der Waals surface area (Å²) in [6, 6.07) is 0.0399. The van der Waals surface area contributed by atoms with E-state index in [0.717, 1.165) is 6.42 Å². The van der Waals surface area contributed by atoms with Crippen molar-refractivity contribution in [1.29, 1.82) is 0 Å². The monoisotopic (exact) mass is 338 g/mol. The van der Waals surface area contributed by atoms with E-state index in [1.54, 1.807) is 17.9 Å². The summed E-state index contributed by atoms with van der Waals surface area (Å²) in [6.07, 6.45) is 2.51. The number of hydrogen-bond donors (Lipinski definition) is 0. The zero-order valence-electron chi connectivity index (χ0n) is 8.54. The van der Waals surface area contributed by atoms with Crippen LogP contribution in [0.5, 0.6) is 0 Å². The van der Waals surface area contributed by atoms with Crippen molar-refractivity contribution < 1.29 is 4.74 Å². The first-order valence-electron chi connectivity index (χ1n) is 4.53. The molecule has 0 radical (unpaired) electrons. The van der Waals surface area contributed by atoms with Crippen LogP contribution in [0.2, 0.25) is 0 Å². The van der Waals surface area contributed by atoms with E-state index in [1.807, 2.05) is 6.92 Å². The Balaban J connectivity index is 3.16. The molecular weight excluding hydrogens is 328 g/mol. The first-order valence-corrected chi connectivity index (χ1v) is 6.11. The molecule has 1 heterocycles. The molecule has 0 saturated carbocycles. The maximum Gasteiger partial charge on any atom is 0.284 e. The first kappa shape index (κ1) is 12.9. The summed E-state index contributed by atoms with van der Waals surface area (Å²) >= 11 is 6.38. The Bertz CT molecular complexity index is 392. The molecule has 1 aromatic rings. The van der Waals surface area contributed by atoms with Gasteiger partial charge in [-0.1, -0.05) is 6.92 Å². The van der Waals surface area contributed by atoms with Crippen molar-refractivity contribution in [2.24, 2.45) is 0 Å². The molecule has 0 spiro atoms. The Morgan fingerprint density at radius 2 is 2.27 bits per heavy atom. The van der Waals surface area contributed by atoms with Crippen LogP contribution in [0.15, 0.2) is 20.2 Å². The van der Waals surface area contributed by atoms with Gasteiger partial charge in [0, 0.05) is 13.3 Å². The Morgan fingerprint density at radius 3 is 2.80 bits per heavy atom. The largest absolute Gasteiger partial charge is 0.383 e. The summed E-state index contributed by atoms with van der Waals surface area (Å²) in [4.78, 5) is 15.7. The molecule has 1 aromatic heterocycles. The molecule has 0 N–H and O–H groups in total. The zero-order valence-corrected chi connectivity index (χ0v) is 11.7. The Hall–Kier alpha value is -0.200. The molecule has 0 fully saturated rings. The van der Waals surface area contributed by atoms with E-state index >= 15 is 0 Å². The van der Waals surface area contributed by atoms with E-state index in [4.69, 9.17) is 4.74 Å². The van der Waals surface area contributed by atoms with Crippen molar-refractivity contribution in [3.63, 3.8) is 0 Å². The molecule has 0 unspecified atom stereocenters. The number of nitrogens with zero attached hydrogens (tertiary/aromatic N) is 2. The molecule has 1 rings (SSSR count). The van der Waals surface area contributed by atoms with Crippen LogP contribution < -0.4 is 5.56 Å². The van der Waals surface area contributed by atoms with Crippen molar-refractivity contribution in [2.75, 3.05) is 13.7 Å². The average molecular weight is 340 g/mol. The summed E-state index contributed by atoms with van der Waals surface area (Å²) < 4.78 is 7.64. The molecule has 0 saturated heterocycles. The summed E-state index contributed by atoms with van der Waals surface area (Å²) in [5, 5.41) is 0. The molecule has 0 aromatic carbocycles. The number of methoxy groups -OCH3 is 1. The van der Waals surface area contributed by atoms with E-state index in [0.29, 0.717) is 15.8 Å². The van der Waals surface area contributed by atoms with Gasteiger partial charge in [-0.2, -0.15) is 0 Å². The van der Waals surface area contributed by atoms with Crippen LogP contribution >= 0.6 is 31.9 Å². The molecule has 0 aliphatic carbocycles. The highest BCUT2D eigenvalue weighted by Crippen LogP contribution is 2.14. The second kappa shape index (κ2) is 5.77. The molecule has 6 heteroatoms. The van der Waals surface area contributed by atoms with Gasteiger partial charge in [0.2, 0.25) is 0 Å². The molecular formula is C9H12Br2N2O2. The highest BCUT2D eigenvalue weighted by atomic mass is 79.9. The van der Waals surface area contributed by atoms with Gasteiger partial charge in [-0.05, 0) is 38.3 Å². The number of ether oxygens (including phenoxy) is 1. The van der Waals surface area contributed by atoms with Crippen LogP contribution in [0.3, 0.4) is 0 Å². The summed E-state index contributed by atoms with van der Waals surface area (Å²) in [5.74, 6) is 0. The van der Waals surface area contributed by atoms with Gasteiger partial charge in [0.1, 0.15) is 4.60 Å². The fourth-order valence-electron chi connectivity index (χ4n) is 1.31. The van der Waals surface area contributed by atoms with E-state index in [1.165, 1.54) is 0 Å². The number of halogens is 2. The lowest BCUT2D eigenvalue weighted by atomic mass is 10.2. The number of aromatic nitrogens is 2.